The number of hydrogen-bond acceptors (Lipinski definition) is 3. The maximum absolute atomic E-state index is 11.0. The highest BCUT2D eigenvalue weighted by Gasteiger charge is 2.04. The Kier molecular flexibility index (Phi) is 9.36. The van der Waals surface area contributed by atoms with Crippen molar-refractivity contribution in [2.45, 2.75) is 45.4 Å². The first-order chi connectivity index (χ1) is 7.66. The third kappa shape index (κ3) is 10.8. The molecule has 0 aliphatic heterocycles. The lowest BCUT2D eigenvalue weighted by Gasteiger charge is -1.99. The molecule has 0 aromatic heterocycles. The van der Waals surface area contributed by atoms with Gasteiger partial charge in [-0.2, -0.15) is 0 Å². The molecule has 0 aliphatic rings. The summed E-state index contributed by atoms with van der Waals surface area (Å²) < 4.78 is 4.81. The fourth-order valence-corrected chi connectivity index (χ4v) is 1.12. The topological polar surface area (TPSA) is 63.6 Å². The average Bonchev–Trinajstić information content (AvgIpc) is 2.25. The van der Waals surface area contributed by atoms with Crippen molar-refractivity contribution in [3.8, 4) is 0 Å². The lowest BCUT2D eigenvalue weighted by atomic mass is 10.2. The van der Waals surface area contributed by atoms with Crippen molar-refractivity contribution in [3.63, 3.8) is 0 Å². The van der Waals surface area contributed by atoms with Crippen LogP contribution < -0.4 is 0 Å². The quantitative estimate of drug-likeness (QED) is 0.374. The van der Waals surface area contributed by atoms with Gasteiger partial charge >= 0.3 is 11.9 Å². The molecule has 16 heavy (non-hydrogen) atoms. The van der Waals surface area contributed by atoms with Crippen LogP contribution in [0.3, 0.4) is 0 Å². The maximum atomic E-state index is 11.0. The lowest BCUT2D eigenvalue weighted by molar-refractivity contribution is -0.146. The summed E-state index contributed by atoms with van der Waals surface area (Å²) in [5.74, 6) is -1.44. The average molecular weight is 228 g/mol. The first-order valence-corrected chi connectivity index (χ1v) is 5.69. The molecule has 0 atom stereocenters. The van der Waals surface area contributed by atoms with Crippen molar-refractivity contribution >= 4 is 11.9 Å². The zero-order valence-electron chi connectivity index (χ0n) is 9.78. The van der Waals surface area contributed by atoms with Gasteiger partial charge in [-0.1, -0.05) is 31.9 Å². The first kappa shape index (κ1) is 14.7. The smallest absolute Gasteiger partial charge is 0.306 e. The number of allylic oxidation sites excluding steroid dienone is 1. The van der Waals surface area contributed by atoms with Crippen LogP contribution in [-0.4, -0.2) is 23.7 Å². The van der Waals surface area contributed by atoms with E-state index in [0.717, 1.165) is 12.8 Å². The van der Waals surface area contributed by atoms with Crippen LogP contribution in [0.15, 0.2) is 12.2 Å². The molecule has 0 heterocycles. The van der Waals surface area contributed by atoms with E-state index in [1.165, 1.54) is 12.8 Å². The molecule has 0 bridgehead atoms. The van der Waals surface area contributed by atoms with Gasteiger partial charge in [-0.15, -0.1) is 0 Å². The summed E-state index contributed by atoms with van der Waals surface area (Å²) in [6.07, 6.45) is 8.12. The van der Waals surface area contributed by atoms with Crippen LogP contribution in [0.5, 0.6) is 0 Å². The van der Waals surface area contributed by atoms with Gasteiger partial charge in [-0.3, -0.25) is 9.59 Å². The Morgan fingerprint density at radius 3 is 2.56 bits per heavy atom. The molecule has 1 N–H and O–H groups in total. The van der Waals surface area contributed by atoms with E-state index in [1.54, 1.807) is 6.08 Å². The van der Waals surface area contributed by atoms with E-state index >= 15 is 0 Å². The number of carboxylic acids is 1. The molecule has 0 aromatic carbocycles. The van der Waals surface area contributed by atoms with Crippen LogP contribution in [0, 0.1) is 0 Å². The summed E-state index contributed by atoms with van der Waals surface area (Å²) in [4.78, 5) is 21.1. The molecule has 0 aliphatic carbocycles. The number of ether oxygens (including phenoxy) is 1. The van der Waals surface area contributed by atoms with Crippen molar-refractivity contribution in [2.24, 2.45) is 0 Å². The van der Waals surface area contributed by atoms with Crippen LogP contribution in [0.25, 0.3) is 0 Å². The molecule has 0 unspecified atom stereocenters. The fourth-order valence-electron chi connectivity index (χ4n) is 1.12. The molecule has 0 rings (SSSR count). The highest BCUT2D eigenvalue weighted by Crippen LogP contribution is 1.99. The van der Waals surface area contributed by atoms with Gasteiger partial charge in [-0.25, -0.2) is 0 Å². The van der Waals surface area contributed by atoms with Crippen LogP contribution in [0.4, 0.5) is 0 Å². The van der Waals surface area contributed by atoms with Gasteiger partial charge in [0.2, 0.25) is 0 Å². The summed E-state index contributed by atoms with van der Waals surface area (Å²) in [5.41, 5.74) is 0. The molecule has 4 heteroatoms. The van der Waals surface area contributed by atoms with E-state index in [0.29, 0.717) is 0 Å². The minimum absolute atomic E-state index is 0.0565. The second-order valence-corrected chi connectivity index (χ2v) is 3.54. The Bertz CT molecular complexity index is 233. The number of hydrogen-bond donors (Lipinski definition) is 1. The minimum atomic E-state index is -0.980. The normalized spacial score (nSPS) is 10.6. The predicted molar refractivity (Wildman–Crippen MR) is 61.1 cm³/mol. The lowest BCUT2D eigenvalue weighted by Crippen LogP contribution is -2.07. The van der Waals surface area contributed by atoms with Crippen molar-refractivity contribution < 1.29 is 19.4 Å². The van der Waals surface area contributed by atoms with Gasteiger partial charge in [0.15, 0.2) is 0 Å². The molecule has 92 valence electrons. The second-order valence-electron chi connectivity index (χ2n) is 3.54. The Labute approximate surface area is 96.3 Å². The number of unbranched alkanes of at least 4 members (excludes halogenated alkanes) is 3. The Morgan fingerprint density at radius 1 is 1.19 bits per heavy atom. The van der Waals surface area contributed by atoms with Gasteiger partial charge in [-0.05, 0) is 12.8 Å². The van der Waals surface area contributed by atoms with Crippen molar-refractivity contribution in [2.75, 3.05) is 6.61 Å². The number of rotatable bonds is 9. The minimum Gasteiger partial charge on any atom is -0.481 e. The third-order valence-electron chi connectivity index (χ3n) is 2.02. The molecule has 4 nitrogen and oxygen atoms in total. The van der Waals surface area contributed by atoms with E-state index in [2.05, 4.69) is 6.92 Å². The van der Waals surface area contributed by atoms with Gasteiger partial charge in [0.05, 0.1) is 12.8 Å². The van der Waals surface area contributed by atoms with Crippen molar-refractivity contribution in [1.29, 1.82) is 0 Å². The standard InChI is InChI=1S/C12H20O4/c1-2-3-4-5-6-7-10-16-12(15)9-8-11(13)14/h6-7H,2-5,8-10H2,1H3,(H,13,14). The van der Waals surface area contributed by atoms with Crippen LogP contribution in [-0.2, 0) is 14.3 Å². The number of carbonyl (C=O) groups excluding carboxylic acids is 1. The molecule has 0 amide bonds. The number of carboxylic acid groups (broad SMARTS) is 1. The summed E-state index contributed by atoms with van der Waals surface area (Å²) in [7, 11) is 0. The molecule has 0 fully saturated rings. The number of esters is 1. The Morgan fingerprint density at radius 2 is 1.94 bits per heavy atom. The number of aliphatic carboxylic acids is 1. The molecule has 0 radical (unpaired) electrons. The summed E-state index contributed by atoms with van der Waals surface area (Å²) >= 11 is 0. The Hall–Kier alpha value is -1.32. The fraction of sp³-hybridized carbons (Fsp3) is 0.667. The van der Waals surface area contributed by atoms with E-state index in [9.17, 15) is 9.59 Å². The van der Waals surface area contributed by atoms with Gasteiger partial charge in [0, 0.05) is 0 Å². The SMILES string of the molecule is CCCCCC=CCOC(=O)CCC(=O)O. The highest BCUT2D eigenvalue weighted by molar-refractivity contribution is 5.76. The molecule has 0 spiro atoms. The van der Waals surface area contributed by atoms with Gasteiger partial charge < -0.3 is 9.84 Å². The molecule has 0 saturated heterocycles. The van der Waals surface area contributed by atoms with E-state index in [-0.39, 0.29) is 19.4 Å². The molecular weight excluding hydrogens is 208 g/mol. The third-order valence-corrected chi connectivity index (χ3v) is 2.02. The molecule has 0 aromatic rings. The summed E-state index contributed by atoms with van der Waals surface area (Å²) in [6.45, 7) is 2.39. The Balaban J connectivity index is 3.36. The zero-order valence-corrected chi connectivity index (χ0v) is 9.78. The largest absolute Gasteiger partial charge is 0.481 e. The van der Waals surface area contributed by atoms with E-state index in [1.807, 2.05) is 6.08 Å². The van der Waals surface area contributed by atoms with Crippen LogP contribution >= 0.6 is 0 Å². The predicted octanol–water partition coefficient (Wildman–Crippen LogP) is 2.53. The summed E-state index contributed by atoms with van der Waals surface area (Å²) in [6, 6.07) is 0. The monoisotopic (exact) mass is 228 g/mol. The van der Waals surface area contributed by atoms with Gasteiger partial charge in [0.1, 0.15) is 6.61 Å². The van der Waals surface area contributed by atoms with Crippen molar-refractivity contribution in [1.82, 2.24) is 0 Å². The zero-order chi connectivity index (χ0) is 12.2. The maximum Gasteiger partial charge on any atom is 0.306 e. The second kappa shape index (κ2) is 10.2. The molecular formula is C12H20O4. The highest BCUT2D eigenvalue weighted by atomic mass is 16.5. The first-order valence-electron chi connectivity index (χ1n) is 5.69. The van der Waals surface area contributed by atoms with Gasteiger partial charge in [0.25, 0.3) is 0 Å². The summed E-state index contributed by atoms with van der Waals surface area (Å²) in [5, 5.41) is 8.33. The molecule has 0 saturated carbocycles. The van der Waals surface area contributed by atoms with E-state index < -0.39 is 11.9 Å². The van der Waals surface area contributed by atoms with Crippen LogP contribution in [0.1, 0.15) is 45.4 Å². The van der Waals surface area contributed by atoms with Crippen LogP contribution in [0.2, 0.25) is 0 Å². The van der Waals surface area contributed by atoms with Crippen molar-refractivity contribution in [3.05, 3.63) is 12.2 Å². The van der Waals surface area contributed by atoms with E-state index in [4.69, 9.17) is 9.84 Å². The number of carbonyl (C=O) groups is 2.